The van der Waals surface area contributed by atoms with Crippen LogP contribution in [0, 0.1) is 0 Å². The molecule has 20 heavy (non-hydrogen) atoms. The molecule has 110 valence electrons. The van der Waals surface area contributed by atoms with Crippen LogP contribution in [0.3, 0.4) is 0 Å². The lowest BCUT2D eigenvalue weighted by Gasteiger charge is -2.26. The van der Waals surface area contributed by atoms with Gasteiger partial charge in [-0.15, -0.1) is 0 Å². The molecule has 2 rings (SSSR count). The molecule has 0 aliphatic carbocycles. The van der Waals surface area contributed by atoms with Gasteiger partial charge in [0.25, 0.3) is 10.2 Å². The van der Waals surface area contributed by atoms with Crippen LogP contribution in [0.5, 0.6) is 0 Å². The fourth-order valence-electron chi connectivity index (χ4n) is 2.36. The smallest absolute Gasteiger partial charge is 0.322 e. The summed E-state index contributed by atoms with van der Waals surface area (Å²) in [5.74, 6) is -1.08. The second-order valence-electron chi connectivity index (χ2n) is 4.86. The van der Waals surface area contributed by atoms with E-state index >= 15 is 0 Å². The average Bonchev–Trinajstić information content (AvgIpc) is 2.89. The first-order valence-electron chi connectivity index (χ1n) is 6.43. The van der Waals surface area contributed by atoms with E-state index < -0.39 is 22.2 Å². The molecule has 7 heteroatoms. The van der Waals surface area contributed by atoms with E-state index in [1.165, 1.54) is 11.4 Å². The van der Waals surface area contributed by atoms with Gasteiger partial charge in [0.05, 0.1) is 0 Å². The Hall–Kier alpha value is -1.44. The molecule has 1 aromatic carbocycles. The van der Waals surface area contributed by atoms with Crippen LogP contribution in [0.2, 0.25) is 0 Å². The molecule has 0 amide bonds. The molecule has 0 spiro atoms. The van der Waals surface area contributed by atoms with Crippen LogP contribution >= 0.6 is 0 Å². The summed E-state index contributed by atoms with van der Waals surface area (Å²) in [5, 5.41) is 9.09. The van der Waals surface area contributed by atoms with Crippen LogP contribution in [0.1, 0.15) is 18.4 Å². The number of carboxylic acid groups (broad SMARTS) is 1. The van der Waals surface area contributed by atoms with Crippen LogP contribution < -0.4 is 0 Å². The number of rotatable bonds is 5. The molecule has 0 saturated carbocycles. The molecule has 1 fully saturated rings. The number of nitrogens with zero attached hydrogens (tertiary/aromatic N) is 2. The van der Waals surface area contributed by atoms with Crippen LogP contribution in [0.4, 0.5) is 0 Å². The summed E-state index contributed by atoms with van der Waals surface area (Å²) in [6.45, 7) is 0.491. The third-order valence-corrected chi connectivity index (χ3v) is 5.37. The number of hydrogen-bond donors (Lipinski definition) is 1. The van der Waals surface area contributed by atoms with E-state index in [-0.39, 0.29) is 13.1 Å². The summed E-state index contributed by atoms with van der Waals surface area (Å²) in [5.41, 5.74) is 0.865. The van der Waals surface area contributed by atoms with E-state index in [1.807, 2.05) is 30.3 Å². The Morgan fingerprint density at radius 2 is 2.05 bits per heavy atom. The minimum atomic E-state index is -3.75. The van der Waals surface area contributed by atoms with Crippen molar-refractivity contribution in [3.63, 3.8) is 0 Å². The molecule has 1 N–H and O–H groups in total. The largest absolute Gasteiger partial charge is 0.480 e. The van der Waals surface area contributed by atoms with Crippen LogP contribution in [0.25, 0.3) is 0 Å². The molecule has 1 heterocycles. The van der Waals surface area contributed by atoms with Crippen molar-refractivity contribution in [1.29, 1.82) is 0 Å². The second-order valence-corrected chi connectivity index (χ2v) is 6.84. The highest BCUT2D eigenvalue weighted by Gasteiger charge is 2.40. The average molecular weight is 298 g/mol. The number of carbonyl (C=O) groups is 1. The van der Waals surface area contributed by atoms with E-state index in [1.54, 1.807) is 0 Å². The lowest BCUT2D eigenvalue weighted by molar-refractivity contribution is -0.140. The normalized spacial score (nSPS) is 20.4. The summed E-state index contributed by atoms with van der Waals surface area (Å²) in [6, 6.07) is 8.27. The highest BCUT2D eigenvalue weighted by atomic mass is 32.2. The van der Waals surface area contributed by atoms with E-state index in [0.717, 1.165) is 9.87 Å². The quantitative estimate of drug-likeness (QED) is 0.876. The Balaban J connectivity index is 2.15. The zero-order valence-electron chi connectivity index (χ0n) is 11.3. The number of hydrogen-bond acceptors (Lipinski definition) is 3. The number of aliphatic carboxylic acids is 1. The van der Waals surface area contributed by atoms with Crippen molar-refractivity contribution in [1.82, 2.24) is 8.61 Å². The first-order chi connectivity index (χ1) is 9.43. The first kappa shape index (κ1) is 15.0. The standard InChI is InChI=1S/C13H18N2O4S/c1-14(10-11-6-3-2-4-7-11)20(18,19)15-9-5-8-12(15)13(16)17/h2-4,6-7,12H,5,8-10H2,1H3,(H,16,17). The van der Waals surface area contributed by atoms with Crippen LogP contribution in [-0.2, 0) is 21.5 Å². The SMILES string of the molecule is CN(Cc1ccccc1)S(=O)(=O)N1CCCC1C(=O)O. The predicted molar refractivity (Wildman–Crippen MR) is 74.2 cm³/mol. The lowest BCUT2D eigenvalue weighted by atomic mass is 10.2. The molecule has 1 atom stereocenters. The van der Waals surface area contributed by atoms with Crippen molar-refractivity contribution < 1.29 is 18.3 Å². The monoisotopic (exact) mass is 298 g/mol. The topological polar surface area (TPSA) is 77.9 Å². The minimum absolute atomic E-state index is 0.228. The molecule has 1 aliphatic rings. The molecule has 0 aromatic heterocycles. The predicted octanol–water partition coefficient (Wildman–Crippen LogP) is 0.912. The summed E-state index contributed by atoms with van der Waals surface area (Å²) in [7, 11) is -2.27. The van der Waals surface area contributed by atoms with Crippen molar-refractivity contribution in [2.24, 2.45) is 0 Å². The van der Waals surface area contributed by atoms with Gasteiger partial charge in [-0.2, -0.15) is 17.0 Å². The molecular formula is C13H18N2O4S. The van der Waals surface area contributed by atoms with E-state index in [9.17, 15) is 13.2 Å². The van der Waals surface area contributed by atoms with Gasteiger partial charge in [-0.05, 0) is 18.4 Å². The van der Waals surface area contributed by atoms with Gasteiger partial charge >= 0.3 is 5.97 Å². The lowest BCUT2D eigenvalue weighted by Crippen LogP contribution is -2.46. The first-order valence-corrected chi connectivity index (χ1v) is 7.82. The summed E-state index contributed by atoms with van der Waals surface area (Å²) in [4.78, 5) is 11.1. The van der Waals surface area contributed by atoms with E-state index in [2.05, 4.69) is 0 Å². The van der Waals surface area contributed by atoms with Crippen molar-refractivity contribution in [3.05, 3.63) is 35.9 Å². The zero-order chi connectivity index (χ0) is 14.8. The molecule has 1 saturated heterocycles. The fourth-order valence-corrected chi connectivity index (χ4v) is 3.91. The van der Waals surface area contributed by atoms with Gasteiger partial charge in [-0.25, -0.2) is 0 Å². The summed E-state index contributed by atoms with van der Waals surface area (Å²) in [6.07, 6.45) is 0.948. The Kier molecular flexibility index (Phi) is 4.42. The Labute approximate surface area is 118 Å². The van der Waals surface area contributed by atoms with Crippen molar-refractivity contribution in [2.75, 3.05) is 13.6 Å². The second kappa shape index (κ2) is 5.90. The maximum absolute atomic E-state index is 12.4. The van der Waals surface area contributed by atoms with Crippen molar-refractivity contribution in [2.45, 2.75) is 25.4 Å². The Morgan fingerprint density at radius 3 is 2.65 bits per heavy atom. The fraction of sp³-hybridized carbons (Fsp3) is 0.462. The highest BCUT2D eigenvalue weighted by molar-refractivity contribution is 7.86. The van der Waals surface area contributed by atoms with Crippen molar-refractivity contribution in [3.8, 4) is 0 Å². The van der Waals surface area contributed by atoms with Crippen LogP contribution in [0.15, 0.2) is 30.3 Å². The Bertz CT molecular complexity index is 573. The third-order valence-electron chi connectivity index (χ3n) is 3.43. The third kappa shape index (κ3) is 3.00. The van der Waals surface area contributed by atoms with Gasteiger partial charge in [-0.1, -0.05) is 30.3 Å². The van der Waals surface area contributed by atoms with Gasteiger partial charge in [-0.3, -0.25) is 4.79 Å². The van der Waals surface area contributed by atoms with E-state index in [4.69, 9.17) is 5.11 Å². The van der Waals surface area contributed by atoms with Gasteiger partial charge < -0.3 is 5.11 Å². The van der Waals surface area contributed by atoms with Gasteiger partial charge in [0.15, 0.2) is 0 Å². The number of benzene rings is 1. The maximum atomic E-state index is 12.4. The molecule has 1 unspecified atom stereocenters. The van der Waals surface area contributed by atoms with Crippen molar-refractivity contribution >= 4 is 16.2 Å². The zero-order valence-corrected chi connectivity index (χ0v) is 12.1. The minimum Gasteiger partial charge on any atom is -0.480 e. The molecule has 6 nitrogen and oxygen atoms in total. The van der Waals surface area contributed by atoms with Gasteiger partial charge in [0.1, 0.15) is 6.04 Å². The molecule has 1 aliphatic heterocycles. The molecule has 1 aromatic rings. The number of carboxylic acids is 1. The van der Waals surface area contributed by atoms with Gasteiger partial charge in [0, 0.05) is 20.1 Å². The summed E-state index contributed by atoms with van der Waals surface area (Å²) < 4.78 is 27.2. The van der Waals surface area contributed by atoms with Crippen LogP contribution in [-0.4, -0.2) is 47.7 Å². The molecule has 0 radical (unpaired) electrons. The van der Waals surface area contributed by atoms with Gasteiger partial charge in [0.2, 0.25) is 0 Å². The van der Waals surface area contributed by atoms with E-state index in [0.29, 0.717) is 12.8 Å². The maximum Gasteiger partial charge on any atom is 0.322 e. The molecule has 0 bridgehead atoms. The summed E-state index contributed by atoms with van der Waals surface area (Å²) >= 11 is 0. The highest BCUT2D eigenvalue weighted by Crippen LogP contribution is 2.23. The Morgan fingerprint density at radius 1 is 1.40 bits per heavy atom. The molecular weight excluding hydrogens is 280 g/mol.